The summed E-state index contributed by atoms with van der Waals surface area (Å²) in [5.41, 5.74) is 0.908. The molecule has 6 heteroatoms. The molecule has 0 atom stereocenters. The lowest BCUT2D eigenvalue weighted by Gasteiger charge is -2.08. The quantitative estimate of drug-likeness (QED) is 0.861. The van der Waals surface area contributed by atoms with Gasteiger partial charge in [0.15, 0.2) is 0 Å². The summed E-state index contributed by atoms with van der Waals surface area (Å²) in [5, 5.41) is 21.3. The molecule has 0 unspecified atom stereocenters. The minimum Gasteiger partial charge on any atom is -0.507 e. The fraction of sp³-hybridized carbons (Fsp3) is 0. The Morgan fingerprint density at radius 2 is 2.05 bits per heavy atom. The molecule has 100 valence electrons. The third kappa shape index (κ3) is 3.10. The number of nitriles is 1. The molecule has 0 saturated carbocycles. The van der Waals surface area contributed by atoms with E-state index in [1.54, 1.807) is 12.1 Å². The Hall–Kier alpha value is -2.03. The molecule has 0 radical (unpaired) electrons. The number of phenolic OH excluding ortho intramolecular Hbond substituents is 1. The zero-order chi connectivity index (χ0) is 14.7. The molecule has 2 N–H and O–H groups in total. The average Bonchev–Trinajstić information content (AvgIpc) is 2.40. The molecule has 0 aliphatic carbocycles. The molecule has 2 rings (SSSR count). The van der Waals surface area contributed by atoms with Gasteiger partial charge in [-0.15, -0.1) is 0 Å². The highest BCUT2D eigenvalue weighted by atomic mass is 79.9. The fourth-order valence-corrected chi connectivity index (χ4v) is 2.15. The van der Waals surface area contributed by atoms with Gasteiger partial charge in [-0.3, -0.25) is 4.79 Å². The highest BCUT2D eigenvalue weighted by Crippen LogP contribution is 2.26. The van der Waals surface area contributed by atoms with E-state index in [2.05, 4.69) is 21.2 Å². The number of benzene rings is 2. The summed E-state index contributed by atoms with van der Waals surface area (Å²) < 4.78 is 0.669. The van der Waals surface area contributed by atoms with E-state index in [0.717, 1.165) is 0 Å². The van der Waals surface area contributed by atoms with Gasteiger partial charge >= 0.3 is 0 Å². The van der Waals surface area contributed by atoms with Crippen LogP contribution in [0.3, 0.4) is 0 Å². The minimum absolute atomic E-state index is 0.133. The van der Waals surface area contributed by atoms with Gasteiger partial charge in [-0.2, -0.15) is 5.26 Å². The van der Waals surface area contributed by atoms with Crippen LogP contribution in [0, 0.1) is 11.3 Å². The minimum atomic E-state index is -0.485. The van der Waals surface area contributed by atoms with Crippen molar-refractivity contribution in [1.29, 1.82) is 5.26 Å². The van der Waals surface area contributed by atoms with Gasteiger partial charge in [-0.1, -0.05) is 27.5 Å². The second-order valence-electron chi connectivity index (χ2n) is 3.92. The van der Waals surface area contributed by atoms with E-state index in [9.17, 15) is 9.90 Å². The SMILES string of the molecule is N#Cc1ccc(NC(=O)c2ccc(Br)cc2O)c(Cl)c1. The summed E-state index contributed by atoms with van der Waals surface area (Å²) >= 11 is 9.17. The number of nitrogens with zero attached hydrogens (tertiary/aromatic N) is 1. The predicted molar refractivity (Wildman–Crippen MR) is 79.9 cm³/mol. The molecule has 1 amide bonds. The molecule has 0 saturated heterocycles. The van der Waals surface area contributed by atoms with Crippen molar-refractivity contribution in [3.63, 3.8) is 0 Å². The lowest BCUT2D eigenvalue weighted by molar-refractivity contribution is 0.102. The molecular weight excluding hydrogens is 344 g/mol. The van der Waals surface area contributed by atoms with Crippen LogP contribution in [0.1, 0.15) is 15.9 Å². The van der Waals surface area contributed by atoms with Crippen LogP contribution in [0.4, 0.5) is 5.69 Å². The number of hydrogen-bond donors (Lipinski definition) is 2. The van der Waals surface area contributed by atoms with Crippen LogP contribution in [0.15, 0.2) is 40.9 Å². The molecule has 0 aromatic heterocycles. The summed E-state index contributed by atoms with van der Waals surface area (Å²) in [6.45, 7) is 0. The van der Waals surface area contributed by atoms with Crippen LogP contribution in [-0.2, 0) is 0 Å². The number of carbonyl (C=O) groups excluding carboxylic acids is 1. The smallest absolute Gasteiger partial charge is 0.259 e. The van der Waals surface area contributed by atoms with Crippen molar-refractivity contribution in [2.45, 2.75) is 0 Å². The third-order valence-corrected chi connectivity index (χ3v) is 3.36. The number of rotatable bonds is 2. The highest BCUT2D eigenvalue weighted by Gasteiger charge is 2.13. The van der Waals surface area contributed by atoms with Gasteiger partial charge in [-0.05, 0) is 36.4 Å². The molecule has 4 nitrogen and oxygen atoms in total. The van der Waals surface area contributed by atoms with Crippen LogP contribution in [0.5, 0.6) is 5.75 Å². The lowest BCUT2D eigenvalue weighted by Crippen LogP contribution is -2.12. The standard InChI is InChI=1S/C14H8BrClN2O2/c15-9-2-3-10(13(19)6-9)14(20)18-12-4-1-8(7-17)5-11(12)16/h1-6,19H,(H,18,20). The summed E-state index contributed by atoms with van der Waals surface area (Å²) in [5.74, 6) is -0.622. The van der Waals surface area contributed by atoms with E-state index in [1.165, 1.54) is 24.3 Å². The number of phenols is 1. The number of hydrogen-bond acceptors (Lipinski definition) is 3. The maximum absolute atomic E-state index is 12.0. The van der Waals surface area contributed by atoms with Gasteiger partial charge in [0.1, 0.15) is 5.75 Å². The number of aromatic hydroxyl groups is 1. The molecule has 2 aromatic carbocycles. The van der Waals surface area contributed by atoms with Crippen molar-refractivity contribution in [3.8, 4) is 11.8 Å². The fourth-order valence-electron chi connectivity index (χ4n) is 1.57. The molecule has 0 aliphatic rings. The topological polar surface area (TPSA) is 73.1 Å². The number of amides is 1. The molecular formula is C14H8BrClN2O2. The van der Waals surface area contributed by atoms with Crippen LogP contribution >= 0.6 is 27.5 Å². The number of nitrogens with one attached hydrogen (secondary N) is 1. The largest absolute Gasteiger partial charge is 0.507 e. The van der Waals surface area contributed by atoms with Gasteiger partial charge in [0.2, 0.25) is 0 Å². The first-order valence-electron chi connectivity index (χ1n) is 5.51. The first kappa shape index (κ1) is 14.4. The number of anilines is 1. The highest BCUT2D eigenvalue weighted by molar-refractivity contribution is 9.10. The summed E-state index contributed by atoms with van der Waals surface area (Å²) in [7, 11) is 0. The van der Waals surface area contributed by atoms with E-state index >= 15 is 0 Å². The third-order valence-electron chi connectivity index (χ3n) is 2.55. The number of carbonyl (C=O) groups is 1. The van der Waals surface area contributed by atoms with Crippen LogP contribution in [0.25, 0.3) is 0 Å². The van der Waals surface area contributed by atoms with Crippen molar-refractivity contribution < 1.29 is 9.90 Å². The second-order valence-corrected chi connectivity index (χ2v) is 5.24. The first-order valence-corrected chi connectivity index (χ1v) is 6.68. The summed E-state index contributed by atoms with van der Waals surface area (Å²) in [6, 6.07) is 11.1. The van der Waals surface area contributed by atoms with Gasteiger partial charge in [-0.25, -0.2) is 0 Å². The molecule has 0 heterocycles. The average molecular weight is 352 g/mol. The molecule has 0 bridgehead atoms. The first-order chi connectivity index (χ1) is 9.51. The molecule has 20 heavy (non-hydrogen) atoms. The summed E-state index contributed by atoms with van der Waals surface area (Å²) in [6.07, 6.45) is 0. The van der Waals surface area contributed by atoms with E-state index in [0.29, 0.717) is 15.7 Å². The summed E-state index contributed by atoms with van der Waals surface area (Å²) in [4.78, 5) is 12.0. The van der Waals surface area contributed by atoms with Crippen molar-refractivity contribution in [2.75, 3.05) is 5.32 Å². The van der Waals surface area contributed by atoms with Crippen molar-refractivity contribution in [3.05, 3.63) is 57.0 Å². The Morgan fingerprint density at radius 1 is 1.30 bits per heavy atom. The molecule has 2 aromatic rings. The maximum atomic E-state index is 12.0. The lowest BCUT2D eigenvalue weighted by atomic mass is 10.1. The van der Waals surface area contributed by atoms with Crippen molar-refractivity contribution in [2.24, 2.45) is 0 Å². The zero-order valence-electron chi connectivity index (χ0n) is 10.0. The van der Waals surface area contributed by atoms with Gasteiger partial charge in [0, 0.05) is 4.47 Å². The Bertz CT molecular complexity index is 726. The van der Waals surface area contributed by atoms with E-state index in [1.807, 2.05) is 6.07 Å². The van der Waals surface area contributed by atoms with Crippen molar-refractivity contribution >= 4 is 39.1 Å². The van der Waals surface area contributed by atoms with E-state index in [-0.39, 0.29) is 16.3 Å². The Morgan fingerprint density at radius 3 is 2.65 bits per heavy atom. The zero-order valence-corrected chi connectivity index (χ0v) is 12.4. The normalized spacial score (nSPS) is 9.85. The van der Waals surface area contributed by atoms with E-state index < -0.39 is 5.91 Å². The van der Waals surface area contributed by atoms with Gasteiger partial charge in [0.25, 0.3) is 5.91 Å². The van der Waals surface area contributed by atoms with E-state index in [4.69, 9.17) is 16.9 Å². The molecule has 0 spiro atoms. The number of halogens is 2. The molecule has 0 aliphatic heterocycles. The Labute approximate surface area is 128 Å². The van der Waals surface area contributed by atoms with Crippen LogP contribution in [-0.4, -0.2) is 11.0 Å². The maximum Gasteiger partial charge on any atom is 0.259 e. The second kappa shape index (κ2) is 5.95. The monoisotopic (exact) mass is 350 g/mol. The Kier molecular flexibility index (Phi) is 4.28. The molecule has 0 fully saturated rings. The predicted octanol–water partition coefficient (Wildman–Crippen LogP) is 3.93. The van der Waals surface area contributed by atoms with Gasteiger partial charge in [0.05, 0.1) is 27.9 Å². The van der Waals surface area contributed by atoms with Crippen LogP contribution < -0.4 is 5.32 Å². The van der Waals surface area contributed by atoms with Crippen LogP contribution in [0.2, 0.25) is 5.02 Å². The van der Waals surface area contributed by atoms with Crippen molar-refractivity contribution in [1.82, 2.24) is 0 Å². The van der Waals surface area contributed by atoms with Gasteiger partial charge < -0.3 is 10.4 Å². The Balaban J connectivity index is 2.26.